The van der Waals surface area contributed by atoms with Crippen LogP contribution in [0.4, 0.5) is 0 Å². The van der Waals surface area contributed by atoms with Crippen LogP contribution in [0.5, 0.6) is 5.75 Å². The Bertz CT molecular complexity index is 927. The lowest BCUT2D eigenvalue weighted by atomic mass is 10.2. The first-order chi connectivity index (χ1) is 11.3. The highest BCUT2D eigenvalue weighted by atomic mass is 32.1. The van der Waals surface area contributed by atoms with Crippen LogP contribution in [0.25, 0.3) is 20.2 Å². The van der Waals surface area contributed by atoms with Crippen molar-refractivity contribution in [3.63, 3.8) is 0 Å². The predicted octanol–water partition coefficient (Wildman–Crippen LogP) is 2.86. The quantitative estimate of drug-likeness (QED) is 0.572. The molecule has 0 bridgehead atoms. The predicted molar refractivity (Wildman–Crippen MR) is 100 cm³/mol. The molecule has 0 aliphatic rings. The summed E-state index contributed by atoms with van der Waals surface area (Å²) >= 11 is 1.55. The van der Waals surface area contributed by atoms with E-state index in [1.165, 1.54) is 0 Å². The number of aliphatic hydroxyl groups excluding tert-OH is 1. The fraction of sp³-hybridized carbons (Fsp3) is 0.316. The topological polar surface area (TPSA) is 46.5 Å². The number of hydrogen-bond acceptors (Lipinski definition) is 4. The molecule has 3 rings (SSSR count). The minimum absolute atomic E-state index is 0.0247. The zero-order chi connectivity index (χ0) is 17.3. The summed E-state index contributed by atoms with van der Waals surface area (Å²) in [5, 5.41) is 11.5. The Hall–Kier alpha value is -1.95. The molecule has 0 radical (unpaired) electrons. The summed E-state index contributed by atoms with van der Waals surface area (Å²) in [5.74, 6) is 0.654. The molecule has 0 saturated carbocycles. The Morgan fingerprint density at radius 2 is 1.79 bits per heavy atom. The van der Waals surface area contributed by atoms with Crippen LogP contribution in [0.3, 0.4) is 0 Å². The van der Waals surface area contributed by atoms with Crippen molar-refractivity contribution in [2.45, 2.75) is 6.10 Å². The average molecular weight is 344 g/mol. The molecule has 1 aromatic heterocycles. The van der Waals surface area contributed by atoms with Gasteiger partial charge in [0, 0.05) is 15.5 Å². The summed E-state index contributed by atoms with van der Waals surface area (Å²) in [6.07, 6.45) is -0.558. The van der Waals surface area contributed by atoms with Gasteiger partial charge in [-0.2, -0.15) is 0 Å². The molecule has 126 valence electrons. The zero-order valence-corrected chi connectivity index (χ0v) is 15.0. The van der Waals surface area contributed by atoms with Gasteiger partial charge in [-0.3, -0.25) is 4.79 Å². The summed E-state index contributed by atoms with van der Waals surface area (Å²) in [7, 11) is 6.08. The number of fused-ring (bicyclic) bond motifs is 2. The normalized spacial score (nSPS) is 13.3. The van der Waals surface area contributed by atoms with Gasteiger partial charge in [0.25, 0.3) is 0 Å². The molecule has 1 unspecified atom stereocenters. The van der Waals surface area contributed by atoms with Crippen LogP contribution >= 0.6 is 11.3 Å². The molecule has 0 aliphatic heterocycles. The number of benzene rings is 2. The van der Waals surface area contributed by atoms with E-state index in [9.17, 15) is 9.90 Å². The number of likely N-dealkylation sites (N-methyl/N-ethyl adjacent to an activating group) is 1. The van der Waals surface area contributed by atoms with E-state index in [4.69, 9.17) is 4.74 Å². The Kier molecular flexibility index (Phi) is 4.58. The van der Waals surface area contributed by atoms with E-state index in [-0.39, 0.29) is 12.0 Å². The number of nitrogens with zero attached hydrogens (tertiary/aromatic N) is 1. The Balaban J connectivity index is 1.96. The summed E-state index contributed by atoms with van der Waals surface area (Å²) in [4.78, 5) is 12.7. The molecular weight excluding hydrogens is 322 g/mol. The van der Waals surface area contributed by atoms with E-state index in [1.807, 2.05) is 63.6 Å². The molecule has 1 atom stereocenters. The van der Waals surface area contributed by atoms with Crippen molar-refractivity contribution in [2.24, 2.45) is 0 Å². The van der Waals surface area contributed by atoms with Crippen molar-refractivity contribution >= 4 is 31.5 Å². The minimum Gasteiger partial charge on any atom is -0.489 e. The number of hydrogen-bond donors (Lipinski definition) is 1. The summed E-state index contributed by atoms with van der Waals surface area (Å²) in [5.41, 5.74) is 0.0247. The first-order valence-electron chi connectivity index (χ1n) is 7.91. The lowest BCUT2D eigenvalue weighted by Crippen LogP contribution is -2.43. The average Bonchev–Trinajstić information content (AvgIpc) is 2.52. The molecule has 3 aromatic rings. The molecule has 0 aliphatic carbocycles. The zero-order valence-electron chi connectivity index (χ0n) is 14.2. The molecule has 1 N–H and O–H groups in total. The lowest BCUT2D eigenvalue weighted by molar-refractivity contribution is -0.873. The molecule has 24 heavy (non-hydrogen) atoms. The first-order valence-corrected chi connectivity index (χ1v) is 8.73. The van der Waals surface area contributed by atoms with Crippen LogP contribution in [0.1, 0.15) is 0 Å². The molecule has 0 amide bonds. The summed E-state index contributed by atoms with van der Waals surface area (Å²) < 4.78 is 8.28. The van der Waals surface area contributed by atoms with E-state index in [0.29, 0.717) is 22.2 Å². The monoisotopic (exact) mass is 344 g/mol. The summed E-state index contributed by atoms with van der Waals surface area (Å²) in [6.45, 7) is 0.812. The van der Waals surface area contributed by atoms with Crippen LogP contribution in [-0.2, 0) is 0 Å². The van der Waals surface area contributed by atoms with Gasteiger partial charge in [0.2, 0.25) is 0 Å². The maximum Gasteiger partial charge on any atom is 0.196 e. The van der Waals surface area contributed by atoms with Crippen molar-refractivity contribution in [1.82, 2.24) is 0 Å². The van der Waals surface area contributed by atoms with Crippen LogP contribution in [0.2, 0.25) is 0 Å². The molecule has 1 heterocycles. The molecule has 0 saturated heterocycles. The van der Waals surface area contributed by atoms with Gasteiger partial charge in [-0.25, -0.2) is 0 Å². The van der Waals surface area contributed by atoms with Crippen LogP contribution in [0, 0.1) is 0 Å². The highest BCUT2D eigenvalue weighted by Gasteiger charge is 2.17. The molecule has 2 aromatic carbocycles. The third-order valence-electron chi connectivity index (χ3n) is 3.76. The number of aliphatic hydroxyl groups is 1. The van der Waals surface area contributed by atoms with Crippen molar-refractivity contribution in [2.75, 3.05) is 34.3 Å². The van der Waals surface area contributed by atoms with Crippen molar-refractivity contribution in [3.05, 3.63) is 52.7 Å². The van der Waals surface area contributed by atoms with Gasteiger partial charge in [0.1, 0.15) is 25.0 Å². The van der Waals surface area contributed by atoms with Gasteiger partial charge in [0.15, 0.2) is 5.43 Å². The second kappa shape index (κ2) is 6.51. The van der Waals surface area contributed by atoms with Crippen LogP contribution in [0.15, 0.2) is 47.3 Å². The highest BCUT2D eigenvalue weighted by molar-refractivity contribution is 7.24. The molecule has 5 heteroatoms. The van der Waals surface area contributed by atoms with E-state index in [0.717, 1.165) is 14.8 Å². The maximum atomic E-state index is 12.7. The van der Waals surface area contributed by atoms with Gasteiger partial charge in [-0.05, 0) is 24.3 Å². The molecule has 4 nitrogen and oxygen atoms in total. The maximum absolute atomic E-state index is 12.7. The summed E-state index contributed by atoms with van der Waals surface area (Å²) in [6, 6.07) is 13.1. The van der Waals surface area contributed by atoms with E-state index in [1.54, 1.807) is 11.3 Å². The smallest absolute Gasteiger partial charge is 0.196 e. The third kappa shape index (κ3) is 3.59. The van der Waals surface area contributed by atoms with Crippen molar-refractivity contribution in [1.29, 1.82) is 0 Å². The lowest BCUT2D eigenvalue weighted by Gasteiger charge is -2.26. The Morgan fingerprint density at radius 1 is 1.08 bits per heavy atom. The Morgan fingerprint density at radius 3 is 2.54 bits per heavy atom. The van der Waals surface area contributed by atoms with Crippen molar-refractivity contribution < 1.29 is 14.3 Å². The standard InChI is InChI=1S/C19H22NO3S/c1-20(2,3)11-13(21)12-23-16-9-6-8-15-18(22)14-7-4-5-10-17(14)24-19(15)16/h4-10,13,21H,11-12H2,1-3H3/q+1. The van der Waals surface area contributed by atoms with E-state index < -0.39 is 6.10 Å². The highest BCUT2D eigenvalue weighted by Crippen LogP contribution is 2.31. The van der Waals surface area contributed by atoms with Gasteiger partial charge in [-0.15, -0.1) is 11.3 Å². The van der Waals surface area contributed by atoms with Crippen LogP contribution < -0.4 is 10.2 Å². The second-order valence-electron chi connectivity index (χ2n) is 7.00. The number of ether oxygens (including phenoxy) is 1. The van der Waals surface area contributed by atoms with Gasteiger partial charge in [-0.1, -0.05) is 18.2 Å². The fourth-order valence-electron chi connectivity index (χ4n) is 2.78. The SMILES string of the molecule is C[N+](C)(C)CC(O)COc1cccc2c(=O)c3ccccc3sc12. The Labute approximate surface area is 145 Å². The van der Waals surface area contributed by atoms with E-state index in [2.05, 4.69) is 0 Å². The van der Waals surface area contributed by atoms with Gasteiger partial charge >= 0.3 is 0 Å². The third-order valence-corrected chi connectivity index (χ3v) is 4.96. The largest absolute Gasteiger partial charge is 0.489 e. The molecular formula is C19H22NO3S+. The molecule has 0 fully saturated rings. The minimum atomic E-state index is -0.558. The van der Waals surface area contributed by atoms with Crippen LogP contribution in [-0.4, -0.2) is 50.0 Å². The first kappa shape index (κ1) is 16.9. The van der Waals surface area contributed by atoms with E-state index >= 15 is 0 Å². The molecule has 0 spiro atoms. The second-order valence-corrected chi connectivity index (χ2v) is 8.05. The fourth-order valence-corrected chi connectivity index (χ4v) is 3.92. The number of quaternary nitrogens is 1. The van der Waals surface area contributed by atoms with Gasteiger partial charge in [0.05, 0.1) is 25.8 Å². The van der Waals surface area contributed by atoms with Crippen molar-refractivity contribution in [3.8, 4) is 5.75 Å². The number of rotatable bonds is 5. The van der Waals surface area contributed by atoms with Gasteiger partial charge < -0.3 is 14.3 Å².